The van der Waals surface area contributed by atoms with Gasteiger partial charge in [0.15, 0.2) is 0 Å². The highest BCUT2D eigenvalue weighted by Gasteiger charge is 2.39. The van der Waals surface area contributed by atoms with E-state index < -0.39 is 0 Å². The van der Waals surface area contributed by atoms with Crippen LogP contribution >= 0.6 is 0 Å². The molecule has 2 N–H and O–H groups in total. The number of rotatable bonds is 6. The highest BCUT2D eigenvalue weighted by atomic mass is 16.3. The van der Waals surface area contributed by atoms with Gasteiger partial charge < -0.3 is 10.4 Å². The van der Waals surface area contributed by atoms with Crippen LogP contribution < -0.4 is 5.32 Å². The van der Waals surface area contributed by atoms with E-state index in [2.05, 4.69) is 17.4 Å². The minimum Gasteiger partial charge on any atom is -0.395 e. The average molecular weight is 276 g/mol. The maximum atomic E-state index is 12.2. The number of benzene rings is 1. The molecule has 20 heavy (non-hydrogen) atoms. The van der Waals surface area contributed by atoms with Gasteiger partial charge in [-0.05, 0) is 38.8 Å². The Kier molecular flexibility index (Phi) is 4.78. The van der Waals surface area contributed by atoms with E-state index in [1.807, 2.05) is 37.1 Å². The third-order valence-electron chi connectivity index (χ3n) is 4.32. The van der Waals surface area contributed by atoms with Crippen LogP contribution in [0.25, 0.3) is 0 Å². The van der Waals surface area contributed by atoms with Gasteiger partial charge in [0.25, 0.3) is 0 Å². The molecule has 4 nitrogen and oxygen atoms in total. The van der Waals surface area contributed by atoms with Crippen LogP contribution in [0.2, 0.25) is 0 Å². The normalized spacial score (nSPS) is 18.4. The standard InChI is InChI=1S/C16H24N2O2/c1-13(12-19)18(2)11-15(20)17-16(9-6-10-16)14-7-4-3-5-8-14/h3-5,7-8,13,19H,6,9-12H2,1-2H3,(H,17,20). The van der Waals surface area contributed by atoms with Crippen LogP contribution in [0, 0.1) is 0 Å². The Balaban J connectivity index is 1.99. The first-order chi connectivity index (χ1) is 9.57. The van der Waals surface area contributed by atoms with Gasteiger partial charge in [0.2, 0.25) is 5.91 Å². The van der Waals surface area contributed by atoms with Crippen molar-refractivity contribution >= 4 is 5.91 Å². The number of nitrogens with one attached hydrogen (secondary N) is 1. The molecule has 110 valence electrons. The van der Waals surface area contributed by atoms with Gasteiger partial charge in [-0.1, -0.05) is 30.3 Å². The van der Waals surface area contributed by atoms with E-state index in [0.717, 1.165) is 19.3 Å². The van der Waals surface area contributed by atoms with Crippen molar-refractivity contribution in [2.45, 2.75) is 37.8 Å². The van der Waals surface area contributed by atoms with Gasteiger partial charge in [-0.2, -0.15) is 0 Å². The molecule has 2 rings (SSSR count). The van der Waals surface area contributed by atoms with E-state index in [-0.39, 0.29) is 24.1 Å². The van der Waals surface area contributed by atoms with Crippen molar-refractivity contribution in [3.8, 4) is 0 Å². The summed E-state index contributed by atoms with van der Waals surface area (Å²) in [4.78, 5) is 14.1. The van der Waals surface area contributed by atoms with Gasteiger partial charge in [0.05, 0.1) is 18.7 Å². The molecule has 1 atom stereocenters. The van der Waals surface area contributed by atoms with Gasteiger partial charge in [-0.3, -0.25) is 9.69 Å². The van der Waals surface area contributed by atoms with Crippen molar-refractivity contribution in [2.75, 3.05) is 20.2 Å². The van der Waals surface area contributed by atoms with Gasteiger partial charge in [0, 0.05) is 6.04 Å². The van der Waals surface area contributed by atoms with E-state index in [4.69, 9.17) is 5.11 Å². The molecule has 1 aromatic rings. The molecule has 1 unspecified atom stereocenters. The summed E-state index contributed by atoms with van der Waals surface area (Å²) in [5.41, 5.74) is 1.01. The molecule has 0 spiro atoms. The second-order valence-corrected chi connectivity index (χ2v) is 5.80. The van der Waals surface area contributed by atoms with Crippen LogP contribution in [0.1, 0.15) is 31.7 Å². The van der Waals surface area contributed by atoms with E-state index >= 15 is 0 Å². The predicted octanol–water partition coefficient (Wildman–Crippen LogP) is 1.49. The first-order valence-electron chi connectivity index (χ1n) is 7.25. The van der Waals surface area contributed by atoms with Crippen LogP contribution in [0.5, 0.6) is 0 Å². The molecule has 1 fully saturated rings. The Morgan fingerprint density at radius 2 is 2.05 bits per heavy atom. The lowest BCUT2D eigenvalue weighted by Crippen LogP contribution is -2.53. The highest BCUT2D eigenvalue weighted by Crippen LogP contribution is 2.41. The summed E-state index contributed by atoms with van der Waals surface area (Å²) >= 11 is 0. The zero-order valence-electron chi connectivity index (χ0n) is 12.3. The fraction of sp³-hybridized carbons (Fsp3) is 0.562. The van der Waals surface area contributed by atoms with Gasteiger partial charge in [-0.25, -0.2) is 0 Å². The van der Waals surface area contributed by atoms with Crippen molar-refractivity contribution < 1.29 is 9.90 Å². The van der Waals surface area contributed by atoms with Crippen molar-refractivity contribution in [3.05, 3.63) is 35.9 Å². The summed E-state index contributed by atoms with van der Waals surface area (Å²) in [6, 6.07) is 10.2. The van der Waals surface area contributed by atoms with Crippen LogP contribution in [-0.2, 0) is 10.3 Å². The smallest absolute Gasteiger partial charge is 0.234 e. The third kappa shape index (κ3) is 3.19. The van der Waals surface area contributed by atoms with E-state index in [0.29, 0.717) is 6.54 Å². The SMILES string of the molecule is CC(CO)N(C)CC(=O)NC1(c2ccccc2)CCC1. The van der Waals surface area contributed by atoms with Crippen molar-refractivity contribution in [3.63, 3.8) is 0 Å². The van der Waals surface area contributed by atoms with E-state index in [1.165, 1.54) is 5.56 Å². The monoisotopic (exact) mass is 276 g/mol. The summed E-state index contributed by atoms with van der Waals surface area (Å²) in [5.74, 6) is 0.0244. The molecule has 0 aliphatic heterocycles. The van der Waals surface area contributed by atoms with Crippen LogP contribution in [0.3, 0.4) is 0 Å². The molecule has 0 bridgehead atoms. The molecule has 1 amide bonds. The highest BCUT2D eigenvalue weighted by molar-refractivity contribution is 5.79. The molecule has 1 aliphatic carbocycles. The number of likely N-dealkylation sites (N-methyl/N-ethyl adjacent to an activating group) is 1. The Hall–Kier alpha value is -1.39. The van der Waals surface area contributed by atoms with Crippen LogP contribution in [-0.4, -0.2) is 42.2 Å². The lowest BCUT2D eigenvalue weighted by Gasteiger charge is -2.43. The summed E-state index contributed by atoms with van der Waals surface area (Å²) in [5, 5.41) is 12.3. The van der Waals surface area contributed by atoms with Crippen molar-refractivity contribution in [1.82, 2.24) is 10.2 Å². The van der Waals surface area contributed by atoms with Crippen molar-refractivity contribution in [1.29, 1.82) is 0 Å². The largest absolute Gasteiger partial charge is 0.395 e. The first kappa shape index (κ1) is 15.0. The minimum absolute atomic E-state index is 0.00480. The lowest BCUT2D eigenvalue weighted by atomic mass is 9.72. The number of nitrogens with zero attached hydrogens (tertiary/aromatic N) is 1. The van der Waals surface area contributed by atoms with Gasteiger partial charge >= 0.3 is 0 Å². The number of carbonyl (C=O) groups is 1. The number of hydrogen-bond acceptors (Lipinski definition) is 3. The third-order valence-corrected chi connectivity index (χ3v) is 4.32. The first-order valence-corrected chi connectivity index (χ1v) is 7.25. The molecule has 1 aliphatic rings. The maximum absolute atomic E-state index is 12.2. The number of aliphatic hydroxyl groups excluding tert-OH is 1. The fourth-order valence-corrected chi connectivity index (χ4v) is 2.60. The Bertz CT molecular complexity index is 443. The van der Waals surface area contributed by atoms with E-state index in [1.54, 1.807) is 0 Å². The molecule has 0 heterocycles. The minimum atomic E-state index is -0.179. The summed E-state index contributed by atoms with van der Waals surface area (Å²) in [6.45, 7) is 2.29. The topological polar surface area (TPSA) is 52.6 Å². The van der Waals surface area contributed by atoms with Gasteiger partial charge in [0.1, 0.15) is 0 Å². The van der Waals surface area contributed by atoms with Gasteiger partial charge in [-0.15, -0.1) is 0 Å². The zero-order chi connectivity index (χ0) is 14.6. The second-order valence-electron chi connectivity index (χ2n) is 5.80. The number of carbonyl (C=O) groups excluding carboxylic acids is 1. The molecule has 0 radical (unpaired) electrons. The zero-order valence-corrected chi connectivity index (χ0v) is 12.3. The Morgan fingerprint density at radius 3 is 2.55 bits per heavy atom. The molecular formula is C16H24N2O2. The van der Waals surface area contributed by atoms with Crippen molar-refractivity contribution in [2.24, 2.45) is 0 Å². The van der Waals surface area contributed by atoms with Crippen LogP contribution in [0.4, 0.5) is 0 Å². The van der Waals surface area contributed by atoms with E-state index in [9.17, 15) is 4.79 Å². The summed E-state index contributed by atoms with van der Waals surface area (Å²) in [7, 11) is 1.86. The van der Waals surface area contributed by atoms with Crippen LogP contribution in [0.15, 0.2) is 30.3 Å². The molecule has 0 aromatic heterocycles. The molecular weight excluding hydrogens is 252 g/mol. The Morgan fingerprint density at radius 1 is 1.40 bits per heavy atom. The average Bonchev–Trinajstić information content (AvgIpc) is 2.42. The molecule has 1 aromatic carbocycles. The lowest BCUT2D eigenvalue weighted by molar-refractivity contribution is -0.125. The molecule has 4 heteroatoms. The molecule has 1 saturated carbocycles. The molecule has 0 saturated heterocycles. The Labute approximate surface area is 120 Å². The maximum Gasteiger partial charge on any atom is 0.234 e. The summed E-state index contributed by atoms with van der Waals surface area (Å²) in [6.07, 6.45) is 3.15. The number of amides is 1. The fourth-order valence-electron chi connectivity index (χ4n) is 2.60. The number of hydrogen-bond donors (Lipinski definition) is 2. The second kappa shape index (κ2) is 6.37. The summed E-state index contributed by atoms with van der Waals surface area (Å²) < 4.78 is 0. The predicted molar refractivity (Wildman–Crippen MR) is 79.3 cm³/mol. The quantitative estimate of drug-likeness (QED) is 0.828. The number of aliphatic hydroxyl groups is 1.